The van der Waals surface area contributed by atoms with Crippen molar-refractivity contribution in [2.24, 2.45) is 0 Å². The van der Waals surface area contributed by atoms with E-state index < -0.39 is 0 Å². The number of halogens is 1. The first kappa shape index (κ1) is 16.0. The molecule has 0 aliphatic heterocycles. The van der Waals surface area contributed by atoms with E-state index in [4.69, 9.17) is 4.98 Å². The third-order valence-electron chi connectivity index (χ3n) is 4.27. The van der Waals surface area contributed by atoms with Gasteiger partial charge in [0.1, 0.15) is 0 Å². The van der Waals surface area contributed by atoms with E-state index in [2.05, 4.69) is 75.6 Å². The van der Waals surface area contributed by atoms with Crippen LogP contribution in [0.25, 0.3) is 5.65 Å². The van der Waals surface area contributed by atoms with Gasteiger partial charge in [0.25, 0.3) is 0 Å². The van der Waals surface area contributed by atoms with Crippen LogP contribution in [-0.4, -0.2) is 14.6 Å². The fraction of sp³-hybridized carbons (Fsp3) is 0.143. The molecule has 0 saturated heterocycles. The maximum absolute atomic E-state index is 4.77. The van der Waals surface area contributed by atoms with Crippen molar-refractivity contribution < 1.29 is 0 Å². The molecule has 0 amide bonds. The molecule has 0 saturated carbocycles. The van der Waals surface area contributed by atoms with Crippen LogP contribution in [0.4, 0.5) is 0 Å². The largest absolute Gasteiger partial charge is 0.234 e. The molecule has 2 aromatic carbocycles. The van der Waals surface area contributed by atoms with Crippen LogP contribution in [-0.2, 0) is 19.3 Å². The van der Waals surface area contributed by atoms with E-state index in [9.17, 15) is 0 Å². The van der Waals surface area contributed by atoms with Gasteiger partial charge in [0.05, 0.1) is 5.69 Å². The molecule has 0 aliphatic carbocycles. The summed E-state index contributed by atoms with van der Waals surface area (Å²) in [4.78, 5) is 4.77. The second kappa shape index (κ2) is 7.19. The summed E-state index contributed by atoms with van der Waals surface area (Å²) in [6.07, 6.45) is 4.72. The summed E-state index contributed by atoms with van der Waals surface area (Å²) in [6, 6.07) is 22.9. The van der Waals surface area contributed by atoms with Gasteiger partial charge in [-0.05, 0) is 36.1 Å². The molecule has 0 atom stereocenters. The van der Waals surface area contributed by atoms with Crippen LogP contribution in [0.3, 0.4) is 0 Å². The van der Waals surface area contributed by atoms with E-state index in [1.807, 2.05) is 22.8 Å². The molecule has 0 radical (unpaired) electrons. The molecule has 3 nitrogen and oxygen atoms in total. The quantitative estimate of drug-likeness (QED) is 0.485. The molecule has 4 aromatic rings. The lowest BCUT2D eigenvalue weighted by molar-refractivity contribution is 0.860. The monoisotopic (exact) mass is 391 g/mol. The van der Waals surface area contributed by atoms with Gasteiger partial charge >= 0.3 is 0 Å². The Labute approximate surface area is 155 Å². The number of rotatable bonds is 5. The lowest BCUT2D eigenvalue weighted by Gasteiger charge is -2.04. The summed E-state index contributed by atoms with van der Waals surface area (Å²) in [7, 11) is 0. The molecule has 2 aromatic heterocycles. The van der Waals surface area contributed by atoms with E-state index in [0.29, 0.717) is 0 Å². The number of aryl methyl sites for hydroxylation is 2. The maximum atomic E-state index is 4.77. The number of hydrogen-bond donors (Lipinski definition) is 0. The fourth-order valence-electron chi connectivity index (χ4n) is 2.96. The minimum atomic E-state index is 0.830. The Bertz CT molecular complexity index is 992. The van der Waals surface area contributed by atoms with E-state index in [1.54, 1.807) is 0 Å². The van der Waals surface area contributed by atoms with Crippen molar-refractivity contribution >= 4 is 21.6 Å². The highest BCUT2D eigenvalue weighted by Gasteiger charge is 2.06. The van der Waals surface area contributed by atoms with Gasteiger partial charge in [-0.3, -0.25) is 0 Å². The number of aromatic nitrogens is 3. The van der Waals surface area contributed by atoms with Gasteiger partial charge < -0.3 is 0 Å². The van der Waals surface area contributed by atoms with Crippen LogP contribution in [0.1, 0.15) is 22.5 Å². The van der Waals surface area contributed by atoms with Crippen LogP contribution >= 0.6 is 15.9 Å². The first-order valence-electron chi connectivity index (χ1n) is 8.39. The molecule has 0 N–H and O–H groups in total. The Balaban J connectivity index is 1.51. The molecule has 4 rings (SSSR count). The summed E-state index contributed by atoms with van der Waals surface area (Å²) in [5.41, 5.74) is 5.62. The Morgan fingerprint density at radius 3 is 2.48 bits per heavy atom. The van der Waals surface area contributed by atoms with Crippen molar-refractivity contribution in [3.63, 3.8) is 0 Å². The Kier molecular flexibility index (Phi) is 4.61. The number of benzene rings is 2. The van der Waals surface area contributed by atoms with Gasteiger partial charge in [0.2, 0.25) is 0 Å². The van der Waals surface area contributed by atoms with E-state index in [1.165, 1.54) is 11.1 Å². The zero-order valence-electron chi connectivity index (χ0n) is 13.8. The van der Waals surface area contributed by atoms with Crippen molar-refractivity contribution in [3.05, 3.63) is 99.9 Å². The van der Waals surface area contributed by atoms with Gasteiger partial charge in [-0.25, -0.2) is 9.50 Å². The first-order valence-corrected chi connectivity index (χ1v) is 9.19. The molecule has 0 bridgehead atoms. The second-order valence-corrected chi connectivity index (χ2v) is 6.97. The average molecular weight is 392 g/mol. The van der Waals surface area contributed by atoms with E-state index in [0.717, 1.165) is 40.8 Å². The highest BCUT2D eigenvalue weighted by molar-refractivity contribution is 9.10. The van der Waals surface area contributed by atoms with Gasteiger partial charge in [-0.1, -0.05) is 64.5 Å². The number of nitrogens with zero attached hydrogens (tertiary/aromatic N) is 3. The molecule has 4 heteroatoms. The van der Waals surface area contributed by atoms with Gasteiger partial charge in [0.15, 0.2) is 5.65 Å². The smallest absolute Gasteiger partial charge is 0.155 e. The summed E-state index contributed by atoms with van der Waals surface area (Å²) in [6.45, 7) is 0. The lowest BCUT2D eigenvalue weighted by atomic mass is 10.1. The summed E-state index contributed by atoms with van der Waals surface area (Å²) in [5, 5.41) is 4.63. The minimum Gasteiger partial charge on any atom is -0.234 e. The average Bonchev–Trinajstić information content (AvgIpc) is 3.03. The van der Waals surface area contributed by atoms with Gasteiger partial charge in [-0.2, -0.15) is 5.10 Å². The molecule has 0 fully saturated rings. The zero-order chi connectivity index (χ0) is 17.1. The summed E-state index contributed by atoms with van der Waals surface area (Å²) < 4.78 is 3.02. The molecule has 124 valence electrons. The third-order valence-corrected chi connectivity index (χ3v) is 5.04. The van der Waals surface area contributed by atoms with Crippen molar-refractivity contribution in [1.29, 1.82) is 0 Å². The Morgan fingerprint density at radius 1 is 0.840 bits per heavy atom. The molecule has 25 heavy (non-hydrogen) atoms. The SMILES string of the molecule is Brc1ccccc1CCc1ccn2nc(Cc3ccccc3)cc2n1. The van der Waals surface area contributed by atoms with Crippen LogP contribution in [0.5, 0.6) is 0 Å². The molecular formula is C21H18BrN3. The van der Waals surface area contributed by atoms with E-state index in [-0.39, 0.29) is 0 Å². The molecule has 0 spiro atoms. The summed E-state index contributed by atoms with van der Waals surface area (Å²) in [5.74, 6) is 0. The predicted octanol–water partition coefficient (Wildman–Crippen LogP) is 4.87. The number of hydrogen-bond acceptors (Lipinski definition) is 2. The molecule has 0 aliphatic rings. The lowest BCUT2D eigenvalue weighted by Crippen LogP contribution is -1.98. The van der Waals surface area contributed by atoms with Crippen LogP contribution in [0.15, 0.2) is 77.4 Å². The highest BCUT2D eigenvalue weighted by Crippen LogP contribution is 2.18. The first-order chi connectivity index (χ1) is 12.3. The Morgan fingerprint density at radius 2 is 1.64 bits per heavy atom. The molecular weight excluding hydrogens is 374 g/mol. The third kappa shape index (κ3) is 3.80. The zero-order valence-corrected chi connectivity index (χ0v) is 15.4. The van der Waals surface area contributed by atoms with E-state index >= 15 is 0 Å². The van der Waals surface area contributed by atoms with Gasteiger partial charge in [0, 0.05) is 28.9 Å². The van der Waals surface area contributed by atoms with Crippen LogP contribution < -0.4 is 0 Å². The summed E-state index contributed by atoms with van der Waals surface area (Å²) >= 11 is 3.61. The Hall–Kier alpha value is -2.46. The van der Waals surface area contributed by atoms with Crippen molar-refractivity contribution in [2.75, 3.05) is 0 Å². The fourth-order valence-corrected chi connectivity index (χ4v) is 3.45. The standard InChI is InChI=1S/C21H18BrN3/c22-20-9-5-4-8-17(20)10-11-18-12-13-25-21(23-18)15-19(24-25)14-16-6-2-1-3-7-16/h1-9,12-13,15H,10-11,14H2. The topological polar surface area (TPSA) is 30.2 Å². The second-order valence-electron chi connectivity index (χ2n) is 6.11. The highest BCUT2D eigenvalue weighted by atomic mass is 79.9. The van der Waals surface area contributed by atoms with Crippen molar-refractivity contribution in [2.45, 2.75) is 19.3 Å². The van der Waals surface area contributed by atoms with Crippen molar-refractivity contribution in [1.82, 2.24) is 14.6 Å². The predicted molar refractivity (Wildman–Crippen MR) is 104 cm³/mol. The maximum Gasteiger partial charge on any atom is 0.155 e. The normalized spacial score (nSPS) is 11.1. The van der Waals surface area contributed by atoms with Crippen molar-refractivity contribution in [3.8, 4) is 0 Å². The van der Waals surface area contributed by atoms with Crippen LogP contribution in [0.2, 0.25) is 0 Å². The number of fused-ring (bicyclic) bond motifs is 1. The minimum absolute atomic E-state index is 0.830. The molecule has 0 unspecified atom stereocenters. The van der Waals surface area contributed by atoms with Crippen LogP contribution in [0, 0.1) is 0 Å². The van der Waals surface area contributed by atoms with Gasteiger partial charge in [-0.15, -0.1) is 0 Å². The molecule has 2 heterocycles.